The second-order valence-electron chi connectivity index (χ2n) is 19.5. The van der Waals surface area contributed by atoms with Crippen LogP contribution in [0.5, 0.6) is 0 Å². The number of likely N-dealkylation sites (tertiary alicyclic amines) is 2. The van der Waals surface area contributed by atoms with E-state index in [0.717, 1.165) is 87.0 Å². The summed E-state index contributed by atoms with van der Waals surface area (Å²) in [4.78, 5) is 46.6. The molecule has 1 aliphatic carbocycles. The van der Waals surface area contributed by atoms with Crippen molar-refractivity contribution in [2.75, 3.05) is 71.8 Å². The molecule has 2 saturated heterocycles. The zero-order valence-electron chi connectivity index (χ0n) is 50.5. The summed E-state index contributed by atoms with van der Waals surface area (Å²) in [6.45, 7) is 41.0. The monoisotopic (exact) mass is 1100 g/mol. The summed E-state index contributed by atoms with van der Waals surface area (Å²) in [5.41, 5.74) is 13.0. The number of anilines is 1. The molecule has 78 heavy (non-hydrogen) atoms. The number of aldehydes is 1. The molecule has 3 atom stereocenters. The number of hydrogen-bond donors (Lipinski definition) is 3. The number of aliphatic imine (C=N–C) groups is 1. The van der Waals surface area contributed by atoms with Crippen molar-refractivity contribution in [2.24, 2.45) is 22.6 Å². The summed E-state index contributed by atoms with van der Waals surface area (Å²) in [7, 11) is 3.48. The van der Waals surface area contributed by atoms with E-state index < -0.39 is 18.1 Å². The molecule has 4 aliphatic rings. The summed E-state index contributed by atoms with van der Waals surface area (Å²) in [5.74, 6) is 1.04. The predicted octanol–water partition coefficient (Wildman–Crippen LogP) is 13.4. The van der Waals surface area contributed by atoms with Crippen molar-refractivity contribution < 1.29 is 27.4 Å². The van der Waals surface area contributed by atoms with Crippen LogP contribution in [0.25, 0.3) is 0 Å². The number of likely N-dealkylation sites (N-methyl/N-ethyl adjacent to an activating group) is 1. The molecule has 438 valence electrons. The smallest absolute Gasteiger partial charge is 0.249 e. The molecule has 3 aliphatic heterocycles. The molecule has 0 radical (unpaired) electrons. The number of nitrogens with one attached hydrogen (secondary N) is 2. The van der Waals surface area contributed by atoms with Gasteiger partial charge in [-0.15, -0.1) is 3.89 Å². The third kappa shape index (κ3) is 23.8. The maximum Gasteiger partial charge on any atom is 0.249 e. The van der Waals surface area contributed by atoms with E-state index in [1.54, 1.807) is 32.4 Å². The predicted molar refractivity (Wildman–Crippen MR) is 328 cm³/mol. The van der Waals surface area contributed by atoms with Gasteiger partial charge in [0.1, 0.15) is 30.1 Å². The first kappa shape index (κ1) is 71.1. The van der Waals surface area contributed by atoms with Crippen molar-refractivity contribution in [1.82, 2.24) is 24.3 Å². The maximum absolute atomic E-state index is 14.3. The third-order valence-corrected chi connectivity index (χ3v) is 14.6. The van der Waals surface area contributed by atoms with Crippen LogP contribution in [-0.4, -0.2) is 128 Å². The highest BCUT2D eigenvalue weighted by molar-refractivity contribution is 7.92. The van der Waals surface area contributed by atoms with Gasteiger partial charge in [0.2, 0.25) is 11.8 Å². The number of primary amides is 1. The average Bonchev–Trinajstić information content (AvgIpc) is 3.46. The molecular formula is C63H102F2N8O4S. The molecule has 3 unspecified atom stereocenters. The van der Waals surface area contributed by atoms with Gasteiger partial charge in [0.15, 0.2) is 12.3 Å². The largest absolute Gasteiger partial charge is 0.374 e. The van der Waals surface area contributed by atoms with Gasteiger partial charge in [0.25, 0.3) is 0 Å². The van der Waals surface area contributed by atoms with E-state index in [4.69, 9.17) is 10.5 Å². The Labute approximate surface area is 476 Å². The van der Waals surface area contributed by atoms with E-state index in [-0.39, 0.29) is 36.5 Å². The molecule has 12 nitrogen and oxygen atoms in total. The van der Waals surface area contributed by atoms with E-state index in [9.17, 15) is 22.7 Å². The number of amides is 2. The van der Waals surface area contributed by atoms with E-state index in [2.05, 4.69) is 95.5 Å². The van der Waals surface area contributed by atoms with Gasteiger partial charge in [-0.05, 0) is 171 Å². The summed E-state index contributed by atoms with van der Waals surface area (Å²) in [5, 5.41) is 6.01. The van der Waals surface area contributed by atoms with Gasteiger partial charge >= 0.3 is 0 Å². The van der Waals surface area contributed by atoms with Gasteiger partial charge in [0.05, 0.1) is 5.70 Å². The second kappa shape index (κ2) is 40.3. The molecule has 0 saturated carbocycles. The lowest BCUT2D eigenvalue weighted by Crippen LogP contribution is -2.42. The Bertz CT molecular complexity index is 2220. The number of ether oxygens (including phenoxy) is 1. The zero-order chi connectivity index (χ0) is 58.7. The van der Waals surface area contributed by atoms with Gasteiger partial charge in [-0.2, -0.15) is 0 Å². The number of rotatable bonds is 24. The Hall–Kier alpha value is -4.93. The van der Waals surface area contributed by atoms with Crippen LogP contribution in [-0.2, 0) is 19.1 Å². The number of halogens is 2. The number of allylic oxidation sites excluding steroid dienone is 9. The minimum atomic E-state index is -0.665. The molecule has 3 heterocycles. The minimum Gasteiger partial charge on any atom is -0.374 e. The lowest BCUT2D eigenvalue weighted by atomic mass is 9.82. The standard InChI is InChI=1S/C45H69FN6O2S.C12H15FN2O2.3C2H6/c1-10-24-49(25-11-2)31-38-19-26-51(27-20-38)45(53)41-16-14-39(15-17-41)40-21-28-50(29-22-40)36(6)33(3)30-34(4)43(18-23-47-8)42-13-12-35(5)48-44(37(7)54-9)52(32-42)55-46;1-8-4-5-9(7-10(8)13)15-11(12(14)17)3-2-6-16;3*1-2/h12-14,16,18,30,32,36-38,40,47H,4-5,10-11,15,17,19-29,31H2,1-3,6-9H3;4-7,11,15H,2-3H2,1H3,(H2,14,17);3*1-2H3/b13-12-,33-30+,42-32+,43-18+,48-44?;;;;. The Kier molecular flexibility index (Phi) is 36.7. The average molecular weight is 1110 g/mol. The molecule has 4 N–H and O–H groups in total. The number of nitrogens with zero attached hydrogens (tertiary/aromatic N) is 5. The number of amidine groups is 1. The summed E-state index contributed by atoms with van der Waals surface area (Å²) < 4.78 is 34.5. The van der Waals surface area contributed by atoms with Gasteiger partial charge in [-0.3, -0.25) is 14.5 Å². The van der Waals surface area contributed by atoms with Gasteiger partial charge in [-0.1, -0.05) is 116 Å². The number of nitrogens with two attached hydrogens (primary N) is 1. The number of piperidine rings is 2. The lowest BCUT2D eigenvalue weighted by Gasteiger charge is -2.38. The Morgan fingerprint density at radius 3 is 2.15 bits per heavy atom. The molecule has 0 aromatic heterocycles. The minimum absolute atomic E-state index is 0.0887. The fraction of sp³-hybridized carbons (Fsp3) is 0.587. The zero-order valence-corrected chi connectivity index (χ0v) is 51.3. The van der Waals surface area contributed by atoms with E-state index in [1.807, 2.05) is 67.7 Å². The number of benzene rings is 1. The molecule has 1 aromatic rings. The van der Waals surface area contributed by atoms with Crippen molar-refractivity contribution in [3.05, 3.63) is 125 Å². The Balaban J connectivity index is 0.00000111. The van der Waals surface area contributed by atoms with Crippen molar-refractivity contribution in [2.45, 2.75) is 165 Å². The van der Waals surface area contributed by atoms with Gasteiger partial charge in [-0.25, -0.2) is 13.7 Å². The van der Waals surface area contributed by atoms with Crippen LogP contribution in [0.1, 0.15) is 146 Å². The van der Waals surface area contributed by atoms with E-state index in [1.165, 1.54) is 54.0 Å². The highest BCUT2D eigenvalue weighted by Crippen LogP contribution is 2.35. The maximum atomic E-state index is 14.3. The molecule has 2 fully saturated rings. The van der Waals surface area contributed by atoms with Crippen molar-refractivity contribution >= 4 is 42.0 Å². The topological polar surface area (TPSA) is 136 Å². The fourth-order valence-corrected chi connectivity index (χ4v) is 10.1. The highest BCUT2D eigenvalue weighted by Gasteiger charge is 2.30. The van der Waals surface area contributed by atoms with Crippen molar-refractivity contribution in [1.29, 1.82) is 0 Å². The third-order valence-electron chi connectivity index (χ3n) is 14.2. The van der Waals surface area contributed by atoms with Crippen LogP contribution in [0.4, 0.5) is 14.0 Å². The molecule has 0 spiro atoms. The van der Waals surface area contributed by atoms with Crippen LogP contribution >= 0.6 is 12.3 Å². The van der Waals surface area contributed by atoms with Crippen molar-refractivity contribution in [3.8, 4) is 0 Å². The normalized spacial score (nSPS) is 18.8. The Morgan fingerprint density at radius 1 is 0.987 bits per heavy atom. The molecular weight excluding hydrogens is 1000 g/mol. The molecule has 5 rings (SSSR count). The van der Waals surface area contributed by atoms with Crippen LogP contribution in [0.15, 0.2) is 118 Å². The molecule has 0 bridgehead atoms. The van der Waals surface area contributed by atoms with Crippen LogP contribution in [0, 0.1) is 24.6 Å². The van der Waals surface area contributed by atoms with Crippen molar-refractivity contribution in [3.63, 3.8) is 0 Å². The van der Waals surface area contributed by atoms with Crippen LogP contribution in [0.3, 0.4) is 0 Å². The highest BCUT2D eigenvalue weighted by atomic mass is 32.2. The first-order valence-electron chi connectivity index (χ1n) is 29.0. The van der Waals surface area contributed by atoms with Crippen LogP contribution in [0.2, 0.25) is 0 Å². The number of hydrogen-bond acceptors (Lipinski definition) is 11. The van der Waals surface area contributed by atoms with E-state index >= 15 is 0 Å². The fourth-order valence-electron chi connectivity index (χ4n) is 9.69. The summed E-state index contributed by atoms with van der Waals surface area (Å²) >= 11 is 0.0887. The summed E-state index contributed by atoms with van der Waals surface area (Å²) in [6.07, 6.45) is 23.7. The molecule has 15 heteroatoms. The van der Waals surface area contributed by atoms with Crippen LogP contribution < -0.4 is 16.4 Å². The van der Waals surface area contributed by atoms with Gasteiger partial charge in [0, 0.05) is 63.2 Å². The Morgan fingerprint density at radius 2 is 1.63 bits per heavy atom. The number of carbonyl (C=O) groups is 3. The molecule has 1 aromatic carbocycles. The number of methoxy groups -OCH3 is 1. The summed E-state index contributed by atoms with van der Waals surface area (Å²) in [6, 6.07) is 4.15. The van der Waals surface area contributed by atoms with Gasteiger partial charge < -0.3 is 35.7 Å². The SMILES string of the molecule is C=C1\C=C/C(C(=C/CNC)/C(=C)/C=C(\C)C(C)N2CCC(C3=CC=C(C(=O)N4CCC(CN(CCC)CCC)CC4)CC3)CC2)=C\N(SF)C(C(C)OC)=N1.CC.CC.CC.Cc1ccc(NC(CCC=O)C(N)=O)cc1F. The number of carbonyl (C=O) groups excluding carboxylic acids is 3. The first-order chi connectivity index (χ1) is 37.6. The lowest BCUT2D eigenvalue weighted by molar-refractivity contribution is -0.128. The second-order valence-corrected chi connectivity index (χ2v) is 20.0. The van der Waals surface area contributed by atoms with E-state index in [0.29, 0.717) is 53.9 Å². The first-order valence-corrected chi connectivity index (χ1v) is 29.7. The number of aryl methyl sites for hydroxylation is 1. The quantitative estimate of drug-likeness (QED) is 0.0521. The molecule has 2 amide bonds.